The second kappa shape index (κ2) is 7.09. The first-order chi connectivity index (χ1) is 11.2. The minimum absolute atomic E-state index is 0.378. The van der Waals surface area contributed by atoms with Crippen molar-refractivity contribution in [3.8, 4) is 0 Å². The second-order valence-corrected chi connectivity index (χ2v) is 5.66. The summed E-state index contributed by atoms with van der Waals surface area (Å²) >= 11 is 5.78. The van der Waals surface area contributed by atoms with Gasteiger partial charge in [-0.15, -0.1) is 0 Å². The molecule has 0 fully saturated rings. The standard InChI is InChI=1S/C16H14ClF3N2O2/c1-10(11-2-5-13(17)6-3-11)21-14(23)9-22-8-12(16(18,19)20)4-7-15(22)24/h2-8,10H,9H2,1H3,(H,21,23)/t10-/m0/s1. The van der Waals surface area contributed by atoms with Crippen LogP contribution in [0.5, 0.6) is 0 Å². The zero-order valence-electron chi connectivity index (χ0n) is 12.6. The summed E-state index contributed by atoms with van der Waals surface area (Å²) in [4.78, 5) is 23.6. The molecule has 1 amide bonds. The van der Waals surface area contributed by atoms with E-state index < -0.39 is 29.8 Å². The first kappa shape index (κ1) is 18.1. The topological polar surface area (TPSA) is 51.1 Å². The molecule has 0 aliphatic heterocycles. The van der Waals surface area contributed by atoms with Crippen LogP contribution in [0.4, 0.5) is 13.2 Å². The lowest BCUT2D eigenvalue weighted by atomic mass is 10.1. The Balaban J connectivity index is 2.09. The monoisotopic (exact) mass is 358 g/mol. The molecule has 1 aromatic carbocycles. The summed E-state index contributed by atoms with van der Waals surface area (Å²) in [5.74, 6) is -0.570. The highest BCUT2D eigenvalue weighted by atomic mass is 35.5. The molecule has 1 heterocycles. The molecule has 1 N–H and O–H groups in total. The molecule has 0 bridgehead atoms. The molecule has 0 radical (unpaired) electrons. The maximum atomic E-state index is 12.7. The molecule has 0 aliphatic rings. The van der Waals surface area contributed by atoms with Gasteiger partial charge in [-0.1, -0.05) is 23.7 Å². The van der Waals surface area contributed by atoms with Crippen molar-refractivity contribution >= 4 is 17.5 Å². The predicted octanol–water partition coefficient (Wildman–Crippen LogP) is 3.40. The van der Waals surface area contributed by atoms with E-state index in [4.69, 9.17) is 11.6 Å². The number of halogens is 4. The summed E-state index contributed by atoms with van der Waals surface area (Å²) in [6.45, 7) is 1.22. The van der Waals surface area contributed by atoms with Crippen LogP contribution in [-0.2, 0) is 17.5 Å². The van der Waals surface area contributed by atoms with Crippen LogP contribution in [0.2, 0.25) is 5.02 Å². The fourth-order valence-electron chi connectivity index (χ4n) is 2.10. The Hall–Kier alpha value is -2.28. The maximum absolute atomic E-state index is 12.7. The molecule has 128 valence electrons. The molecule has 0 saturated heterocycles. The van der Waals surface area contributed by atoms with Gasteiger partial charge in [-0.25, -0.2) is 0 Å². The summed E-state index contributed by atoms with van der Waals surface area (Å²) in [7, 11) is 0. The van der Waals surface area contributed by atoms with Gasteiger partial charge in [0.05, 0.1) is 11.6 Å². The molecule has 0 unspecified atom stereocenters. The van der Waals surface area contributed by atoms with Crippen molar-refractivity contribution in [2.24, 2.45) is 0 Å². The van der Waals surface area contributed by atoms with Crippen LogP contribution in [0.15, 0.2) is 47.4 Å². The number of rotatable bonds is 4. The van der Waals surface area contributed by atoms with E-state index in [1.807, 2.05) is 0 Å². The number of carbonyl (C=O) groups is 1. The second-order valence-electron chi connectivity index (χ2n) is 5.22. The van der Waals surface area contributed by atoms with E-state index in [-0.39, 0.29) is 6.04 Å². The van der Waals surface area contributed by atoms with Gasteiger partial charge in [0.2, 0.25) is 5.91 Å². The summed E-state index contributed by atoms with van der Waals surface area (Å²) in [6.07, 6.45) is -3.95. The van der Waals surface area contributed by atoms with Gasteiger partial charge in [0.25, 0.3) is 5.56 Å². The van der Waals surface area contributed by atoms with Gasteiger partial charge in [0.1, 0.15) is 6.54 Å². The molecule has 1 atom stereocenters. The largest absolute Gasteiger partial charge is 0.417 e. The zero-order chi connectivity index (χ0) is 17.9. The van der Waals surface area contributed by atoms with Crippen LogP contribution in [0.3, 0.4) is 0 Å². The van der Waals surface area contributed by atoms with Gasteiger partial charge in [-0.3, -0.25) is 9.59 Å². The Morgan fingerprint density at radius 2 is 1.83 bits per heavy atom. The molecule has 0 aliphatic carbocycles. The highest BCUT2D eigenvalue weighted by molar-refractivity contribution is 6.30. The number of nitrogens with zero attached hydrogens (tertiary/aromatic N) is 1. The normalized spacial score (nSPS) is 12.7. The Morgan fingerprint density at radius 3 is 2.42 bits per heavy atom. The smallest absolute Gasteiger partial charge is 0.348 e. The molecule has 24 heavy (non-hydrogen) atoms. The van der Waals surface area contributed by atoms with Crippen LogP contribution in [0, 0.1) is 0 Å². The number of alkyl halides is 3. The third kappa shape index (κ3) is 4.61. The van der Waals surface area contributed by atoms with Gasteiger partial charge < -0.3 is 9.88 Å². The summed E-state index contributed by atoms with van der Waals surface area (Å²) in [5, 5.41) is 3.18. The molecule has 1 aromatic heterocycles. The number of benzene rings is 1. The van der Waals surface area contributed by atoms with Gasteiger partial charge in [0, 0.05) is 17.3 Å². The number of carbonyl (C=O) groups excluding carboxylic acids is 1. The van der Waals surface area contributed by atoms with E-state index in [0.717, 1.165) is 16.2 Å². The third-order valence-electron chi connectivity index (χ3n) is 3.37. The number of aromatic nitrogens is 1. The summed E-state index contributed by atoms with van der Waals surface area (Å²) in [6, 6.07) is 7.88. The van der Waals surface area contributed by atoms with Crippen molar-refractivity contribution in [3.05, 3.63) is 69.1 Å². The first-order valence-electron chi connectivity index (χ1n) is 6.99. The molecular formula is C16H14ClF3N2O2. The lowest BCUT2D eigenvalue weighted by Gasteiger charge is -2.15. The Kier molecular flexibility index (Phi) is 5.33. The lowest BCUT2D eigenvalue weighted by molar-refractivity contribution is -0.138. The fourth-order valence-corrected chi connectivity index (χ4v) is 2.23. The molecule has 4 nitrogen and oxygen atoms in total. The first-order valence-corrected chi connectivity index (χ1v) is 7.37. The molecule has 2 aromatic rings. The van der Waals surface area contributed by atoms with E-state index in [0.29, 0.717) is 17.3 Å². The molecule has 2 rings (SSSR count). The highest BCUT2D eigenvalue weighted by Crippen LogP contribution is 2.28. The average molecular weight is 359 g/mol. The van der Waals surface area contributed by atoms with Gasteiger partial charge in [-0.05, 0) is 30.7 Å². The minimum atomic E-state index is -4.58. The number of nitrogens with one attached hydrogen (secondary N) is 1. The van der Waals surface area contributed by atoms with Gasteiger partial charge >= 0.3 is 6.18 Å². The zero-order valence-corrected chi connectivity index (χ0v) is 13.4. The highest BCUT2D eigenvalue weighted by Gasteiger charge is 2.31. The van der Waals surface area contributed by atoms with E-state index in [2.05, 4.69) is 5.32 Å². The minimum Gasteiger partial charge on any atom is -0.348 e. The van der Waals surface area contributed by atoms with E-state index in [1.54, 1.807) is 31.2 Å². The number of hydrogen-bond acceptors (Lipinski definition) is 2. The quantitative estimate of drug-likeness (QED) is 0.910. The van der Waals surface area contributed by atoms with Crippen molar-refractivity contribution in [2.45, 2.75) is 25.7 Å². The Morgan fingerprint density at radius 1 is 1.21 bits per heavy atom. The van der Waals surface area contributed by atoms with Crippen LogP contribution in [-0.4, -0.2) is 10.5 Å². The van der Waals surface area contributed by atoms with Crippen LogP contribution >= 0.6 is 11.6 Å². The Bertz CT molecular complexity index is 785. The van der Waals surface area contributed by atoms with E-state index in [9.17, 15) is 22.8 Å². The number of hydrogen-bond donors (Lipinski definition) is 1. The number of pyridine rings is 1. The molecule has 8 heteroatoms. The van der Waals surface area contributed by atoms with Crippen molar-refractivity contribution in [1.82, 2.24) is 9.88 Å². The van der Waals surface area contributed by atoms with Crippen LogP contribution < -0.4 is 10.9 Å². The van der Waals surface area contributed by atoms with Crippen molar-refractivity contribution in [2.75, 3.05) is 0 Å². The maximum Gasteiger partial charge on any atom is 0.417 e. The van der Waals surface area contributed by atoms with E-state index in [1.165, 1.54) is 0 Å². The summed E-state index contributed by atoms with van der Waals surface area (Å²) < 4.78 is 38.8. The predicted molar refractivity (Wildman–Crippen MR) is 83.7 cm³/mol. The lowest BCUT2D eigenvalue weighted by Crippen LogP contribution is -2.34. The molecule has 0 saturated carbocycles. The third-order valence-corrected chi connectivity index (χ3v) is 3.62. The van der Waals surface area contributed by atoms with Crippen molar-refractivity contribution in [3.63, 3.8) is 0 Å². The van der Waals surface area contributed by atoms with Gasteiger partial charge in [-0.2, -0.15) is 13.2 Å². The molecule has 0 spiro atoms. The molecular weight excluding hydrogens is 345 g/mol. The van der Waals surface area contributed by atoms with Crippen LogP contribution in [0.25, 0.3) is 0 Å². The van der Waals surface area contributed by atoms with Crippen molar-refractivity contribution in [1.29, 1.82) is 0 Å². The summed E-state index contributed by atoms with van der Waals surface area (Å²) in [5.41, 5.74) is -0.887. The number of amides is 1. The van der Waals surface area contributed by atoms with E-state index >= 15 is 0 Å². The van der Waals surface area contributed by atoms with Gasteiger partial charge in [0.15, 0.2) is 0 Å². The SMILES string of the molecule is C[C@H](NC(=O)Cn1cc(C(F)(F)F)ccc1=O)c1ccc(Cl)cc1. The van der Waals surface area contributed by atoms with Crippen molar-refractivity contribution < 1.29 is 18.0 Å². The average Bonchev–Trinajstić information content (AvgIpc) is 2.48. The Labute approximate surface area is 140 Å². The van der Waals surface area contributed by atoms with Crippen LogP contribution in [0.1, 0.15) is 24.1 Å². The fraction of sp³-hybridized carbons (Fsp3) is 0.250.